The summed E-state index contributed by atoms with van der Waals surface area (Å²) < 4.78 is 1.06. The third-order valence-electron chi connectivity index (χ3n) is 1.48. The smallest absolute Gasteiger partial charge is 0.319 e. The molecule has 0 aliphatic carbocycles. The van der Waals surface area contributed by atoms with Gasteiger partial charge in [-0.15, -0.1) is 0 Å². The maximum absolute atomic E-state index is 11.1. The van der Waals surface area contributed by atoms with Gasteiger partial charge in [-0.05, 0) is 40.8 Å². The molecular weight excluding hydrogens is 295 g/mol. The lowest BCUT2D eigenvalue weighted by Gasteiger charge is -2.06. The second kappa shape index (κ2) is 5.82. The van der Waals surface area contributed by atoms with Crippen LogP contribution in [-0.2, 0) is 0 Å². The van der Waals surface area contributed by atoms with Gasteiger partial charge in [0.1, 0.15) is 0 Å². The maximum Gasteiger partial charge on any atom is 0.319 e. The van der Waals surface area contributed by atoms with Gasteiger partial charge in [-0.1, -0.05) is 6.07 Å². The minimum absolute atomic E-state index is 0.0558. The van der Waals surface area contributed by atoms with Gasteiger partial charge < -0.3 is 15.7 Å². The van der Waals surface area contributed by atoms with E-state index in [1.165, 1.54) is 0 Å². The highest BCUT2D eigenvalue weighted by Gasteiger charge is 1.99. The van der Waals surface area contributed by atoms with E-state index in [1.54, 1.807) is 6.07 Å². The second-order valence-electron chi connectivity index (χ2n) is 2.61. The van der Waals surface area contributed by atoms with Crippen molar-refractivity contribution in [2.24, 2.45) is 0 Å². The molecule has 1 aromatic rings. The van der Waals surface area contributed by atoms with Crippen LogP contribution >= 0.6 is 22.6 Å². The SMILES string of the molecule is O=C(NCCO)Nc1cccc(I)c1. The number of benzene rings is 1. The number of nitrogens with one attached hydrogen (secondary N) is 2. The van der Waals surface area contributed by atoms with Gasteiger partial charge in [-0.25, -0.2) is 4.79 Å². The minimum Gasteiger partial charge on any atom is -0.395 e. The fourth-order valence-electron chi connectivity index (χ4n) is 0.911. The Bertz CT molecular complexity index is 317. The van der Waals surface area contributed by atoms with Gasteiger partial charge in [0, 0.05) is 15.8 Å². The third kappa shape index (κ3) is 3.93. The summed E-state index contributed by atoms with van der Waals surface area (Å²) in [5.41, 5.74) is 0.743. The van der Waals surface area contributed by atoms with E-state index in [-0.39, 0.29) is 19.2 Å². The maximum atomic E-state index is 11.1. The number of hydrogen-bond donors (Lipinski definition) is 3. The Balaban J connectivity index is 2.47. The number of hydrogen-bond acceptors (Lipinski definition) is 2. The van der Waals surface area contributed by atoms with Crippen molar-refractivity contribution in [2.75, 3.05) is 18.5 Å². The van der Waals surface area contributed by atoms with Crippen molar-refractivity contribution in [3.05, 3.63) is 27.8 Å². The molecule has 14 heavy (non-hydrogen) atoms. The fourth-order valence-corrected chi connectivity index (χ4v) is 1.45. The van der Waals surface area contributed by atoms with Crippen LogP contribution in [0.2, 0.25) is 0 Å². The molecule has 0 saturated heterocycles. The van der Waals surface area contributed by atoms with E-state index in [4.69, 9.17) is 5.11 Å². The number of carbonyl (C=O) groups is 1. The number of anilines is 1. The molecule has 0 fully saturated rings. The van der Waals surface area contributed by atoms with E-state index in [0.717, 1.165) is 9.26 Å². The molecule has 0 heterocycles. The fraction of sp³-hybridized carbons (Fsp3) is 0.222. The highest BCUT2D eigenvalue weighted by atomic mass is 127. The summed E-state index contributed by atoms with van der Waals surface area (Å²) in [6.07, 6.45) is 0. The minimum atomic E-state index is -0.305. The molecule has 4 nitrogen and oxygen atoms in total. The molecule has 0 bridgehead atoms. The van der Waals surface area contributed by atoms with Gasteiger partial charge in [0.2, 0.25) is 0 Å². The lowest BCUT2D eigenvalue weighted by Crippen LogP contribution is -2.30. The zero-order chi connectivity index (χ0) is 10.4. The number of aliphatic hydroxyl groups is 1. The van der Waals surface area contributed by atoms with Crippen LogP contribution in [0.1, 0.15) is 0 Å². The van der Waals surface area contributed by atoms with Gasteiger partial charge in [-0.2, -0.15) is 0 Å². The molecule has 0 spiro atoms. The van der Waals surface area contributed by atoms with Crippen molar-refractivity contribution >= 4 is 34.3 Å². The largest absolute Gasteiger partial charge is 0.395 e. The van der Waals surface area contributed by atoms with Gasteiger partial charge >= 0.3 is 6.03 Å². The average molecular weight is 306 g/mol. The van der Waals surface area contributed by atoms with Gasteiger partial charge in [0.25, 0.3) is 0 Å². The second-order valence-corrected chi connectivity index (χ2v) is 3.86. The summed E-state index contributed by atoms with van der Waals surface area (Å²) in [5, 5.41) is 13.6. The third-order valence-corrected chi connectivity index (χ3v) is 2.15. The van der Waals surface area contributed by atoms with Crippen LogP contribution in [-0.4, -0.2) is 24.3 Å². The van der Waals surface area contributed by atoms with Crippen molar-refractivity contribution < 1.29 is 9.90 Å². The van der Waals surface area contributed by atoms with Crippen molar-refractivity contribution in [1.29, 1.82) is 0 Å². The van der Waals surface area contributed by atoms with Crippen molar-refractivity contribution in [1.82, 2.24) is 5.32 Å². The lowest BCUT2D eigenvalue weighted by molar-refractivity contribution is 0.245. The average Bonchev–Trinajstić information content (AvgIpc) is 2.15. The Kier molecular flexibility index (Phi) is 4.68. The highest BCUT2D eigenvalue weighted by Crippen LogP contribution is 2.11. The Hall–Kier alpha value is -0.820. The molecule has 0 aromatic heterocycles. The van der Waals surface area contributed by atoms with Crippen LogP contribution in [0.5, 0.6) is 0 Å². The lowest BCUT2D eigenvalue weighted by atomic mass is 10.3. The summed E-state index contributed by atoms with van der Waals surface area (Å²) in [4.78, 5) is 11.1. The normalized spacial score (nSPS) is 9.57. The van der Waals surface area contributed by atoms with Crippen LogP contribution in [0.25, 0.3) is 0 Å². The van der Waals surface area contributed by atoms with Gasteiger partial charge in [-0.3, -0.25) is 0 Å². The molecule has 0 aliphatic rings. The van der Waals surface area contributed by atoms with Crippen LogP contribution in [0.4, 0.5) is 10.5 Å². The topological polar surface area (TPSA) is 61.4 Å². The number of halogens is 1. The van der Waals surface area contributed by atoms with Crippen molar-refractivity contribution in [3.8, 4) is 0 Å². The van der Waals surface area contributed by atoms with Gasteiger partial charge in [0.05, 0.1) is 6.61 Å². The number of amides is 2. The molecular formula is C9H11IN2O2. The number of rotatable bonds is 3. The predicted molar refractivity (Wildman–Crippen MR) is 63.3 cm³/mol. The molecule has 0 unspecified atom stereocenters. The quantitative estimate of drug-likeness (QED) is 0.739. The molecule has 0 atom stereocenters. The first kappa shape index (κ1) is 11.3. The van der Waals surface area contributed by atoms with E-state index < -0.39 is 0 Å². The molecule has 1 rings (SSSR count). The van der Waals surface area contributed by atoms with Crippen LogP contribution in [0.3, 0.4) is 0 Å². The summed E-state index contributed by atoms with van der Waals surface area (Å²) >= 11 is 2.17. The number of aliphatic hydroxyl groups excluding tert-OH is 1. The Labute approximate surface area is 95.8 Å². The molecule has 0 aliphatic heterocycles. The molecule has 5 heteroatoms. The van der Waals surface area contributed by atoms with Crippen LogP contribution in [0.15, 0.2) is 24.3 Å². The van der Waals surface area contributed by atoms with Gasteiger partial charge in [0.15, 0.2) is 0 Å². The van der Waals surface area contributed by atoms with E-state index in [9.17, 15) is 4.79 Å². The monoisotopic (exact) mass is 306 g/mol. The summed E-state index contributed by atoms with van der Waals surface area (Å²) in [6, 6.07) is 7.17. The van der Waals surface area contributed by atoms with E-state index in [2.05, 4.69) is 33.2 Å². The van der Waals surface area contributed by atoms with Crippen molar-refractivity contribution in [3.63, 3.8) is 0 Å². The van der Waals surface area contributed by atoms with E-state index in [1.807, 2.05) is 18.2 Å². The summed E-state index contributed by atoms with van der Waals surface area (Å²) in [7, 11) is 0. The molecule has 0 radical (unpaired) electrons. The Morgan fingerprint density at radius 3 is 2.93 bits per heavy atom. The highest BCUT2D eigenvalue weighted by molar-refractivity contribution is 14.1. The molecule has 2 amide bonds. The molecule has 0 saturated carbocycles. The Morgan fingerprint density at radius 1 is 1.50 bits per heavy atom. The van der Waals surface area contributed by atoms with Crippen LogP contribution < -0.4 is 10.6 Å². The van der Waals surface area contributed by atoms with E-state index in [0.29, 0.717) is 0 Å². The zero-order valence-corrected chi connectivity index (χ0v) is 9.61. The standard InChI is InChI=1S/C9H11IN2O2/c10-7-2-1-3-8(6-7)12-9(14)11-4-5-13/h1-3,6,13H,4-5H2,(H2,11,12,14). The first-order valence-corrected chi connectivity index (χ1v) is 5.21. The van der Waals surface area contributed by atoms with E-state index >= 15 is 0 Å². The summed E-state index contributed by atoms with van der Waals surface area (Å²) in [6.45, 7) is 0.204. The zero-order valence-electron chi connectivity index (χ0n) is 7.46. The number of carbonyl (C=O) groups excluding carboxylic acids is 1. The predicted octanol–water partition coefficient (Wildman–Crippen LogP) is 1.40. The molecule has 1 aromatic carbocycles. The number of urea groups is 1. The van der Waals surface area contributed by atoms with Crippen LogP contribution in [0, 0.1) is 3.57 Å². The Morgan fingerprint density at radius 2 is 2.29 bits per heavy atom. The summed E-state index contributed by atoms with van der Waals surface area (Å²) in [5.74, 6) is 0. The molecule has 3 N–H and O–H groups in total. The molecule has 76 valence electrons. The first-order chi connectivity index (χ1) is 6.72. The first-order valence-electron chi connectivity index (χ1n) is 4.13. The van der Waals surface area contributed by atoms with Crippen molar-refractivity contribution in [2.45, 2.75) is 0 Å².